The number of carbonyl (C=O) groups excluding carboxylic acids is 1. The molecule has 4 rings (SSSR count). The zero-order valence-corrected chi connectivity index (χ0v) is 11.6. The van der Waals surface area contributed by atoms with Crippen molar-refractivity contribution in [1.82, 2.24) is 19.5 Å². The van der Waals surface area contributed by atoms with E-state index >= 15 is 0 Å². The first kappa shape index (κ1) is 12.0. The standard InChI is InChI=1S/C15H18N4O/c1-18-12-2-3-13(18)7-10(6-12)15(20)11-8-16-14-4-5-17-19(14)9-11/h4-5,8-10,12-13H,2-3,6-7H2,1H3. The monoisotopic (exact) mass is 270 g/mol. The molecule has 20 heavy (non-hydrogen) atoms. The number of carbonyl (C=O) groups is 1. The number of piperidine rings is 1. The van der Waals surface area contributed by atoms with E-state index < -0.39 is 0 Å². The fourth-order valence-electron chi connectivity index (χ4n) is 3.80. The number of hydrogen-bond donors (Lipinski definition) is 0. The highest BCUT2D eigenvalue weighted by Crippen LogP contribution is 2.38. The van der Waals surface area contributed by atoms with Crippen molar-refractivity contribution in [3.05, 3.63) is 30.2 Å². The first-order valence-corrected chi connectivity index (χ1v) is 7.28. The fourth-order valence-corrected chi connectivity index (χ4v) is 3.80. The van der Waals surface area contributed by atoms with Crippen LogP contribution in [0.15, 0.2) is 24.7 Å². The highest BCUT2D eigenvalue weighted by molar-refractivity contribution is 5.97. The van der Waals surface area contributed by atoms with Gasteiger partial charge < -0.3 is 4.90 Å². The van der Waals surface area contributed by atoms with E-state index in [4.69, 9.17) is 0 Å². The molecule has 2 atom stereocenters. The van der Waals surface area contributed by atoms with Gasteiger partial charge in [-0.15, -0.1) is 0 Å². The molecule has 2 fully saturated rings. The number of ketones is 1. The number of fused-ring (bicyclic) bond motifs is 3. The summed E-state index contributed by atoms with van der Waals surface area (Å²) in [6.45, 7) is 0. The molecule has 0 spiro atoms. The molecule has 2 saturated heterocycles. The van der Waals surface area contributed by atoms with Gasteiger partial charge in [-0.1, -0.05) is 0 Å². The van der Waals surface area contributed by atoms with Crippen molar-refractivity contribution in [1.29, 1.82) is 0 Å². The van der Waals surface area contributed by atoms with Gasteiger partial charge in [-0.2, -0.15) is 5.10 Å². The van der Waals surface area contributed by atoms with Gasteiger partial charge in [0.05, 0.1) is 11.8 Å². The van der Waals surface area contributed by atoms with E-state index in [1.165, 1.54) is 12.8 Å². The Balaban J connectivity index is 1.60. The molecule has 2 aromatic heterocycles. The van der Waals surface area contributed by atoms with Crippen molar-refractivity contribution < 1.29 is 4.79 Å². The van der Waals surface area contributed by atoms with Crippen molar-refractivity contribution >= 4 is 11.4 Å². The lowest BCUT2D eigenvalue weighted by Crippen LogP contribution is -2.42. The van der Waals surface area contributed by atoms with Gasteiger partial charge in [-0.3, -0.25) is 4.79 Å². The summed E-state index contributed by atoms with van der Waals surface area (Å²) >= 11 is 0. The van der Waals surface area contributed by atoms with Gasteiger partial charge in [0.15, 0.2) is 11.4 Å². The van der Waals surface area contributed by atoms with Crippen LogP contribution in [-0.4, -0.2) is 44.4 Å². The molecule has 5 heteroatoms. The molecule has 2 unspecified atom stereocenters. The Morgan fingerprint density at radius 2 is 2.05 bits per heavy atom. The quantitative estimate of drug-likeness (QED) is 0.781. The summed E-state index contributed by atoms with van der Waals surface area (Å²) in [6, 6.07) is 3.01. The second kappa shape index (κ2) is 4.38. The Bertz CT molecular complexity index is 651. The maximum atomic E-state index is 12.7. The summed E-state index contributed by atoms with van der Waals surface area (Å²) in [5.41, 5.74) is 1.47. The topological polar surface area (TPSA) is 50.5 Å². The molecule has 0 aliphatic carbocycles. The summed E-state index contributed by atoms with van der Waals surface area (Å²) in [7, 11) is 2.19. The minimum atomic E-state index is 0.151. The van der Waals surface area contributed by atoms with Gasteiger partial charge in [0.1, 0.15) is 0 Å². The molecule has 0 saturated carbocycles. The largest absolute Gasteiger partial charge is 0.300 e. The minimum absolute atomic E-state index is 0.151. The third kappa shape index (κ3) is 1.77. The van der Waals surface area contributed by atoms with E-state index in [9.17, 15) is 4.79 Å². The molecule has 5 nitrogen and oxygen atoms in total. The lowest BCUT2D eigenvalue weighted by molar-refractivity contribution is 0.0766. The van der Waals surface area contributed by atoms with Crippen LogP contribution in [0.25, 0.3) is 5.65 Å². The molecular formula is C15H18N4O. The van der Waals surface area contributed by atoms with E-state index in [2.05, 4.69) is 22.0 Å². The van der Waals surface area contributed by atoms with Crippen LogP contribution in [0.5, 0.6) is 0 Å². The maximum Gasteiger partial charge on any atom is 0.169 e. The van der Waals surface area contributed by atoms with Crippen molar-refractivity contribution in [3.8, 4) is 0 Å². The molecule has 2 aliphatic heterocycles. The number of nitrogens with zero attached hydrogens (tertiary/aromatic N) is 4. The number of Topliss-reactive ketones (excluding diaryl/α,β-unsaturated/α-hetero) is 1. The van der Waals surface area contributed by atoms with Crippen LogP contribution in [0.2, 0.25) is 0 Å². The Morgan fingerprint density at radius 3 is 2.80 bits per heavy atom. The summed E-state index contributed by atoms with van der Waals surface area (Å²) in [4.78, 5) is 19.4. The van der Waals surface area contributed by atoms with Crippen LogP contribution in [0, 0.1) is 5.92 Å². The third-order valence-corrected chi connectivity index (χ3v) is 5.00. The van der Waals surface area contributed by atoms with Crippen molar-refractivity contribution in [2.24, 2.45) is 5.92 Å². The van der Waals surface area contributed by atoms with Gasteiger partial charge in [0.25, 0.3) is 0 Å². The van der Waals surface area contributed by atoms with E-state index in [0.29, 0.717) is 17.6 Å². The molecule has 2 aromatic rings. The highest BCUT2D eigenvalue weighted by Gasteiger charge is 2.41. The fraction of sp³-hybridized carbons (Fsp3) is 0.533. The number of rotatable bonds is 2. The summed E-state index contributed by atoms with van der Waals surface area (Å²) in [5, 5.41) is 4.15. The molecule has 0 N–H and O–H groups in total. The summed E-state index contributed by atoms with van der Waals surface area (Å²) in [6.07, 6.45) is 9.66. The van der Waals surface area contributed by atoms with Crippen LogP contribution >= 0.6 is 0 Å². The average molecular weight is 270 g/mol. The van der Waals surface area contributed by atoms with Crippen LogP contribution in [0.1, 0.15) is 36.0 Å². The molecule has 104 valence electrons. The number of hydrogen-bond acceptors (Lipinski definition) is 4. The van der Waals surface area contributed by atoms with Crippen molar-refractivity contribution in [2.45, 2.75) is 37.8 Å². The Labute approximate surface area is 117 Å². The number of aromatic nitrogens is 3. The van der Waals surface area contributed by atoms with Crippen LogP contribution in [0.3, 0.4) is 0 Å². The molecule has 2 aliphatic rings. The van der Waals surface area contributed by atoms with Gasteiger partial charge in [0, 0.05) is 36.5 Å². The van der Waals surface area contributed by atoms with Gasteiger partial charge >= 0.3 is 0 Å². The Hall–Kier alpha value is -1.75. The lowest BCUT2D eigenvalue weighted by atomic mass is 9.86. The van der Waals surface area contributed by atoms with E-state index in [1.807, 2.05) is 12.3 Å². The SMILES string of the molecule is CN1C2CCC1CC(C(=O)c1cnc3ccnn3c1)C2. The second-order valence-corrected chi connectivity index (χ2v) is 6.06. The van der Waals surface area contributed by atoms with Crippen LogP contribution < -0.4 is 0 Å². The normalized spacial score (nSPS) is 29.9. The van der Waals surface area contributed by atoms with Gasteiger partial charge in [-0.05, 0) is 32.7 Å². The zero-order valence-electron chi connectivity index (χ0n) is 11.6. The minimum Gasteiger partial charge on any atom is -0.300 e. The zero-order chi connectivity index (χ0) is 13.7. The predicted octanol–water partition coefficient (Wildman–Crippen LogP) is 1.78. The summed E-state index contributed by atoms with van der Waals surface area (Å²) < 4.78 is 1.68. The van der Waals surface area contributed by atoms with Crippen LogP contribution in [0.4, 0.5) is 0 Å². The maximum absolute atomic E-state index is 12.7. The molecular weight excluding hydrogens is 252 g/mol. The summed E-state index contributed by atoms with van der Waals surface area (Å²) in [5.74, 6) is 0.387. The smallest absolute Gasteiger partial charge is 0.169 e. The van der Waals surface area contributed by atoms with Crippen molar-refractivity contribution in [3.63, 3.8) is 0 Å². The molecule has 0 amide bonds. The Kier molecular flexibility index (Phi) is 2.63. The lowest BCUT2D eigenvalue weighted by Gasteiger charge is -2.35. The first-order chi connectivity index (χ1) is 9.72. The first-order valence-electron chi connectivity index (χ1n) is 7.28. The second-order valence-electron chi connectivity index (χ2n) is 6.06. The van der Waals surface area contributed by atoms with Gasteiger partial charge in [-0.25, -0.2) is 9.50 Å². The molecule has 0 aromatic carbocycles. The van der Waals surface area contributed by atoms with Gasteiger partial charge in [0.2, 0.25) is 0 Å². The average Bonchev–Trinajstić information content (AvgIpc) is 2.98. The van der Waals surface area contributed by atoms with Crippen molar-refractivity contribution in [2.75, 3.05) is 7.05 Å². The predicted molar refractivity (Wildman–Crippen MR) is 74.6 cm³/mol. The third-order valence-electron chi connectivity index (χ3n) is 5.00. The molecule has 2 bridgehead atoms. The van der Waals surface area contributed by atoms with E-state index in [0.717, 1.165) is 18.5 Å². The van der Waals surface area contributed by atoms with E-state index in [-0.39, 0.29) is 11.7 Å². The molecule has 4 heterocycles. The van der Waals surface area contributed by atoms with Crippen LogP contribution in [-0.2, 0) is 0 Å². The molecule has 0 radical (unpaired) electrons. The highest BCUT2D eigenvalue weighted by atomic mass is 16.1. The Morgan fingerprint density at radius 1 is 1.30 bits per heavy atom. The van der Waals surface area contributed by atoms with E-state index in [1.54, 1.807) is 16.9 Å².